The van der Waals surface area contributed by atoms with Crippen LogP contribution >= 0.6 is 11.8 Å². The first-order valence-corrected chi connectivity index (χ1v) is 10.0. The molecule has 0 aromatic heterocycles. The first-order valence-electron chi connectivity index (χ1n) is 9.04. The second-order valence-corrected chi connectivity index (χ2v) is 7.77. The molecule has 1 fully saturated rings. The van der Waals surface area contributed by atoms with Gasteiger partial charge in [-0.2, -0.15) is 0 Å². The zero-order valence-corrected chi connectivity index (χ0v) is 15.5. The largest absolute Gasteiger partial charge is 0.300 e. The summed E-state index contributed by atoms with van der Waals surface area (Å²) in [7, 11) is 0. The maximum Gasteiger partial charge on any atom is 0.0234 e. The number of rotatable bonds is 7. The molecule has 2 nitrogen and oxygen atoms in total. The van der Waals surface area contributed by atoms with Crippen molar-refractivity contribution in [3.63, 3.8) is 0 Å². The number of benzene rings is 2. The van der Waals surface area contributed by atoms with Crippen molar-refractivity contribution in [2.45, 2.75) is 24.8 Å². The Labute approximate surface area is 150 Å². The zero-order valence-electron chi connectivity index (χ0n) is 14.7. The molecular formula is C21H28N2S. The molecule has 3 heteroatoms. The fourth-order valence-corrected chi connectivity index (χ4v) is 3.88. The van der Waals surface area contributed by atoms with E-state index in [1.807, 2.05) is 11.8 Å². The molecule has 2 aromatic carbocycles. The lowest BCUT2D eigenvalue weighted by atomic mass is 10.1. The number of hydrogen-bond donors (Lipinski definition) is 0. The lowest BCUT2D eigenvalue weighted by Crippen LogP contribution is -2.46. The van der Waals surface area contributed by atoms with Crippen LogP contribution in [0.5, 0.6) is 0 Å². The topological polar surface area (TPSA) is 6.48 Å². The van der Waals surface area contributed by atoms with Gasteiger partial charge in [-0.3, -0.25) is 4.90 Å². The van der Waals surface area contributed by atoms with Crippen molar-refractivity contribution in [2.24, 2.45) is 0 Å². The summed E-state index contributed by atoms with van der Waals surface area (Å²) in [6.45, 7) is 9.22. The average Bonchev–Trinajstić information content (AvgIpc) is 2.64. The fourth-order valence-electron chi connectivity index (χ4n) is 3.22. The van der Waals surface area contributed by atoms with Crippen LogP contribution in [-0.4, -0.2) is 48.3 Å². The van der Waals surface area contributed by atoms with Crippen LogP contribution in [0, 0.1) is 0 Å². The summed E-state index contributed by atoms with van der Waals surface area (Å²) in [6, 6.07) is 19.9. The maximum absolute atomic E-state index is 2.60. The van der Waals surface area contributed by atoms with E-state index < -0.39 is 0 Å². The lowest BCUT2D eigenvalue weighted by molar-refractivity contribution is 0.128. The van der Waals surface area contributed by atoms with Gasteiger partial charge in [-0.25, -0.2) is 0 Å². The molecule has 1 aliphatic rings. The van der Waals surface area contributed by atoms with E-state index in [0.29, 0.717) is 0 Å². The van der Waals surface area contributed by atoms with E-state index in [2.05, 4.69) is 71.3 Å². The zero-order chi connectivity index (χ0) is 16.6. The van der Waals surface area contributed by atoms with E-state index in [1.165, 1.54) is 48.7 Å². The van der Waals surface area contributed by atoms with Gasteiger partial charge < -0.3 is 4.90 Å². The number of nitrogens with zero attached hydrogens (tertiary/aromatic N) is 2. The van der Waals surface area contributed by atoms with Crippen molar-refractivity contribution in [2.75, 3.05) is 38.5 Å². The predicted octanol–water partition coefficient (Wildman–Crippen LogP) is 4.16. The third kappa shape index (κ3) is 5.37. The van der Waals surface area contributed by atoms with E-state index in [0.717, 1.165) is 18.7 Å². The molecule has 0 saturated carbocycles. The fraction of sp³-hybridized carbons (Fsp3) is 0.429. The first kappa shape index (κ1) is 17.5. The van der Waals surface area contributed by atoms with E-state index in [-0.39, 0.29) is 0 Å². The predicted molar refractivity (Wildman–Crippen MR) is 105 cm³/mol. The van der Waals surface area contributed by atoms with Crippen molar-refractivity contribution in [1.29, 1.82) is 0 Å². The molecule has 0 unspecified atom stereocenters. The molecule has 1 heterocycles. The van der Waals surface area contributed by atoms with Crippen LogP contribution in [-0.2, 0) is 13.0 Å². The smallest absolute Gasteiger partial charge is 0.0234 e. The highest BCUT2D eigenvalue weighted by molar-refractivity contribution is 7.99. The van der Waals surface area contributed by atoms with Gasteiger partial charge in [0, 0.05) is 44.2 Å². The monoisotopic (exact) mass is 340 g/mol. The second kappa shape index (κ2) is 9.26. The Bertz CT molecular complexity index is 589. The first-order chi connectivity index (χ1) is 11.8. The SMILES string of the molecule is CCSc1ccc(CN2CCN(CCc3ccccc3)CC2)cc1. The normalized spacial score (nSPS) is 16.4. The molecule has 1 saturated heterocycles. The van der Waals surface area contributed by atoms with Gasteiger partial charge in [0.05, 0.1) is 0 Å². The Morgan fingerprint density at radius 1 is 0.792 bits per heavy atom. The van der Waals surface area contributed by atoms with Crippen molar-refractivity contribution >= 4 is 11.8 Å². The van der Waals surface area contributed by atoms with Crippen molar-refractivity contribution in [3.8, 4) is 0 Å². The van der Waals surface area contributed by atoms with Crippen molar-refractivity contribution < 1.29 is 0 Å². The van der Waals surface area contributed by atoms with Gasteiger partial charge >= 0.3 is 0 Å². The molecule has 0 N–H and O–H groups in total. The molecule has 24 heavy (non-hydrogen) atoms. The summed E-state index contributed by atoms with van der Waals surface area (Å²) in [5, 5.41) is 0. The summed E-state index contributed by atoms with van der Waals surface area (Å²) in [4.78, 5) is 6.57. The molecule has 128 valence electrons. The molecule has 0 aliphatic carbocycles. The van der Waals surface area contributed by atoms with Gasteiger partial charge in [0.2, 0.25) is 0 Å². The summed E-state index contributed by atoms with van der Waals surface area (Å²) < 4.78 is 0. The molecule has 0 spiro atoms. The minimum Gasteiger partial charge on any atom is -0.300 e. The Balaban J connectivity index is 1.40. The van der Waals surface area contributed by atoms with Gasteiger partial charge in [0.15, 0.2) is 0 Å². The minimum absolute atomic E-state index is 1.09. The van der Waals surface area contributed by atoms with Crippen LogP contribution in [0.1, 0.15) is 18.1 Å². The molecule has 0 radical (unpaired) electrons. The Morgan fingerprint density at radius 2 is 1.46 bits per heavy atom. The van der Waals surface area contributed by atoms with Crippen LogP contribution in [0.2, 0.25) is 0 Å². The van der Waals surface area contributed by atoms with E-state index in [4.69, 9.17) is 0 Å². The van der Waals surface area contributed by atoms with E-state index in [1.54, 1.807) is 0 Å². The molecule has 0 bridgehead atoms. The van der Waals surface area contributed by atoms with Crippen LogP contribution in [0.3, 0.4) is 0 Å². The van der Waals surface area contributed by atoms with E-state index in [9.17, 15) is 0 Å². The van der Waals surface area contributed by atoms with Crippen LogP contribution < -0.4 is 0 Å². The third-order valence-corrected chi connectivity index (χ3v) is 5.56. The Hall–Kier alpha value is -1.29. The van der Waals surface area contributed by atoms with Crippen molar-refractivity contribution in [1.82, 2.24) is 9.80 Å². The van der Waals surface area contributed by atoms with E-state index >= 15 is 0 Å². The Morgan fingerprint density at radius 3 is 2.12 bits per heavy atom. The van der Waals surface area contributed by atoms with Crippen molar-refractivity contribution in [3.05, 3.63) is 65.7 Å². The average molecular weight is 341 g/mol. The summed E-state index contributed by atoms with van der Waals surface area (Å²) in [5.74, 6) is 1.14. The third-order valence-electron chi connectivity index (χ3n) is 4.66. The molecule has 3 rings (SSSR count). The highest BCUT2D eigenvalue weighted by atomic mass is 32.2. The lowest BCUT2D eigenvalue weighted by Gasteiger charge is -2.34. The van der Waals surface area contributed by atoms with Gasteiger partial charge in [-0.05, 0) is 35.4 Å². The molecule has 0 atom stereocenters. The molecule has 1 aliphatic heterocycles. The van der Waals surface area contributed by atoms with Gasteiger partial charge in [-0.15, -0.1) is 11.8 Å². The summed E-state index contributed by atoms with van der Waals surface area (Å²) in [6.07, 6.45) is 1.16. The van der Waals surface area contributed by atoms with Gasteiger partial charge in [0.1, 0.15) is 0 Å². The van der Waals surface area contributed by atoms with Crippen LogP contribution in [0.25, 0.3) is 0 Å². The number of piperazine rings is 1. The summed E-state index contributed by atoms with van der Waals surface area (Å²) in [5.41, 5.74) is 2.89. The Kier molecular flexibility index (Phi) is 6.76. The molecule has 2 aromatic rings. The summed E-state index contributed by atoms with van der Waals surface area (Å²) >= 11 is 1.91. The minimum atomic E-state index is 1.09. The highest BCUT2D eigenvalue weighted by Gasteiger charge is 2.16. The van der Waals surface area contributed by atoms with Crippen LogP contribution in [0.4, 0.5) is 0 Å². The number of hydrogen-bond acceptors (Lipinski definition) is 3. The standard InChI is InChI=1S/C21H28N2S/c1-2-24-21-10-8-20(9-11-21)18-23-16-14-22(15-17-23)13-12-19-6-4-3-5-7-19/h3-11H,2,12-18H2,1H3. The quantitative estimate of drug-likeness (QED) is 0.699. The molecular weight excluding hydrogens is 312 g/mol. The van der Waals surface area contributed by atoms with Gasteiger partial charge in [0.25, 0.3) is 0 Å². The maximum atomic E-state index is 2.60. The van der Waals surface area contributed by atoms with Crippen LogP contribution in [0.15, 0.2) is 59.5 Å². The molecule has 0 amide bonds. The van der Waals surface area contributed by atoms with Gasteiger partial charge in [-0.1, -0.05) is 49.4 Å². The second-order valence-electron chi connectivity index (χ2n) is 6.43. The highest BCUT2D eigenvalue weighted by Crippen LogP contribution is 2.18. The number of thioether (sulfide) groups is 1.